The molecule has 0 N–H and O–H groups in total. The Morgan fingerprint density at radius 1 is 0.457 bits per heavy atom. The zero-order chi connectivity index (χ0) is 25.1. The molecular formula is C33H31Cl2. The molecule has 0 saturated heterocycles. The summed E-state index contributed by atoms with van der Waals surface area (Å²) in [5, 5.41) is 1.52. The zero-order valence-corrected chi connectivity index (χ0v) is 22.8. The summed E-state index contributed by atoms with van der Waals surface area (Å²) in [6.07, 6.45) is 2.34. The highest BCUT2D eigenvalue weighted by Gasteiger charge is 2.29. The van der Waals surface area contributed by atoms with Crippen molar-refractivity contribution < 1.29 is 0 Å². The second-order valence-electron chi connectivity index (χ2n) is 11.6. The maximum atomic E-state index is 6.20. The van der Waals surface area contributed by atoms with Crippen LogP contribution >= 0.6 is 23.2 Å². The molecule has 0 atom stereocenters. The van der Waals surface area contributed by atoms with Crippen LogP contribution in [0, 0.1) is 6.42 Å². The number of hydrogen-bond donors (Lipinski definition) is 0. The molecule has 4 aromatic carbocycles. The van der Waals surface area contributed by atoms with E-state index >= 15 is 0 Å². The van der Waals surface area contributed by atoms with Crippen LogP contribution in [0.3, 0.4) is 0 Å². The van der Waals surface area contributed by atoms with Crippen molar-refractivity contribution in [2.24, 2.45) is 0 Å². The van der Waals surface area contributed by atoms with Crippen LogP contribution in [0.1, 0.15) is 63.8 Å². The predicted octanol–water partition coefficient (Wildman–Crippen LogP) is 10.5. The number of hydrogen-bond acceptors (Lipinski definition) is 0. The third-order valence-corrected chi connectivity index (χ3v) is 7.41. The van der Waals surface area contributed by atoms with E-state index in [-0.39, 0.29) is 10.8 Å². The molecule has 1 radical (unpaired) electrons. The van der Waals surface area contributed by atoms with Gasteiger partial charge in [0.1, 0.15) is 0 Å². The molecule has 35 heavy (non-hydrogen) atoms. The molecule has 1 aliphatic rings. The summed E-state index contributed by atoms with van der Waals surface area (Å²) in [7, 11) is 0. The summed E-state index contributed by atoms with van der Waals surface area (Å²) in [5.41, 5.74) is 12.8. The molecule has 0 aromatic heterocycles. The van der Waals surface area contributed by atoms with Gasteiger partial charge in [-0.2, -0.15) is 0 Å². The van der Waals surface area contributed by atoms with E-state index in [1.54, 1.807) is 0 Å². The lowest BCUT2D eigenvalue weighted by Crippen LogP contribution is -2.14. The third kappa shape index (κ3) is 4.55. The second-order valence-corrected chi connectivity index (χ2v) is 12.5. The molecule has 0 amide bonds. The Labute approximate surface area is 219 Å². The Bertz CT molecular complexity index is 1300. The summed E-state index contributed by atoms with van der Waals surface area (Å²) in [5.74, 6) is 0. The lowest BCUT2D eigenvalue weighted by molar-refractivity contribution is 0.591. The van der Waals surface area contributed by atoms with Crippen LogP contribution in [0.15, 0.2) is 72.8 Å². The van der Waals surface area contributed by atoms with Crippen molar-refractivity contribution in [2.75, 3.05) is 0 Å². The van der Waals surface area contributed by atoms with Crippen molar-refractivity contribution in [1.29, 1.82) is 0 Å². The number of halogens is 2. The van der Waals surface area contributed by atoms with E-state index in [1.807, 2.05) is 24.3 Å². The van der Waals surface area contributed by atoms with Crippen molar-refractivity contribution in [1.82, 2.24) is 0 Å². The van der Waals surface area contributed by atoms with Crippen LogP contribution in [0.4, 0.5) is 0 Å². The van der Waals surface area contributed by atoms with Crippen molar-refractivity contribution >= 4 is 23.2 Å². The SMILES string of the molecule is CC(C)(C)c1cc2c(cc1-c1ccc(Cl)cc1)[CH]c1cc(-c3ccc(Cl)cc3)c(C(C)(C)C)cc1-2. The summed E-state index contributed by atoms with van der Waals surface area (Å²) in [6, 6.07) is 25.9. The normalized spacial score (nSPS) is 13.0. The van der Waals surface area contributed by atoms with Gasteiger partial charge in [0.2, 0.25) is 0 Å². The van der Waals surface area contributed by atoms with Crippen LogP contribution in [0.2, 0.25) is 10.0 Å². The number of rotatable bonds is 2. The largest absolute Gasteiger partial charge is 0.0843 e. The number of fused-ring (bicyclic) bond motifs is 3. The topological polar surface area (TPSA) is 0 Å². The smallest absolute Gasteiger partial charge is 0.0406 e. The highest BCUT2D eigenvalue weighted by Crippen LogP contribution is 2.47. The molecule has 0 bridgehead atoms. The maximum absolute atomic E-state index is 6.20. The van der Waals surface area contributed by atoms with Crippen molar-refractivity contribution in [3.63, 3.8) is 0 Å². The van der Waals surface area contributed by atoms with Crippen LogP contribution in [0.25, 0.3) is 33.4 Å². The van der Waals surface area contributed by atoms with Crippen LogP contribution < -0.4 is 0 Å². The molecule has 4 aromatic rings. The first-order chi connectivity index (χ1) is 16.4. The standard InChI is InChI=1S/C33H31Cl2/c1-32(2,3)30-18-26-22(16-28(30)20-7-11-24(34)12-8-20)15-23-17-29(21-9-13-25(35)14-10-21)31(19-27(23)26)33(4,5)6/h7-19H,1-6H3. The van der Waals surface area contributed by atoms with Crippen LogP contribution in [-0.2, 0) is 10.8 Å². The van der Waals surface area contributed by atoms with E-state index < -0.39 is 0 Å². The summed E-state index contributed by atoms with van der Waals surface area (Å²) in [4.78, 5) is 0. The quantitative estimate of drug-likeness (QED) is 0.227. The molecule has 177 valence electrons. The van der Waals surface area contributed by atoms with Gasteiger partial charge in [0, 0.05) is 16.5 Å². The summed E-state index contributed by atoms with van der Waals surface area (Å²) < 4.78 is 0. The van der Waals surface area contributed by atoms with E-state index in [0.29, 0.717) is 0 Å². The minimum absolute atomic E-state index is 0.00283. The van der Waals surface area contributed by atoms with Crippen molar-refractivity contribution in [3.8, 4) is 33.4 Å². The minimum atomic E-state index is 0.00283. The van der Waals surface area contributed by atoms with Gasteiger partial charge in [-0.15, -0.1) is 0 Å². The molecule has 0 saturated carbocycles. The fourth-order valence-electron chi connectivity index (χ4n) is 5.08. The first kappa shape index (κ1) is 24.2. The molecular weight excluding hydrogens is 467 g/mol. The van der Waals surface area contributed by atoms with E-state index in [4.69, 9.17) is 23.2 Å². The Morgan fingerprint density at radius 2 is 0.800 bits per heavy atom. The van der Waals surface area contributed by atoms with Gasteiger partial charge in [-0.1, -0.05) is 89.0 Å². The van der Waals surface area contributed by atoms with Gasteiger partial charge in [-0.05, 0) is 115 Å². The van der Waals surface area contributed by atoms with Gasteiger partial charge in [0.25, 0.3) is 0 Å². The molecule has 0 nitrogen and oxygen atoms in total. The van der Waals surface area contributed by atoms with E-state index in [0.717, 1.165) is 10.0 Å². The molecule has 0 unspecified atom stereocenters. The Kier molecular flexibility index (Phi) is 5.90. The first-order valence-corrected chi connectivity index (χ1v) is 12.9. The Balaban J connectivity index is 1.72. The summed E-state index contributed by atoms with van der Waals surface area (Å²) >= 11 is 12.4. The summed E-state index contributed by atoms with van der Waals surface area (Å²) in [6.45, 7) is 13.7. The molecule has 1 aliphatic carbocycles. The molecule has 2 heteroatoms. The van der Waals surface area contributed by atoms with E-state index in [9.17, 15) is 0 Å². The fraction of sp³-hybridized carbons (Fsp3) is 0.242. The van der Waals surface area contributed by atoms with Gasteiger partial charge < -0.3 is 0 Å². The van der Waals surface area contributed by atoms with Crippen LogP contribution in [-0.4, -0.2) is 0 Å². The Hall–Kier alpha value is -2.54. The van der Waals surface area contributed by atoms with E-state index in [1.165, 1.54) is 55.6 Å². The van der Waals surface area contributed by atoms with Gasteiger partial charge in [0.05, 0.1) is 0 Å². The molecule has 0 fully saturated rings. The van der Waals surface area contributed by atoms with Crippen molar-refractivity contribution in [2.45, 2.75) is 52.4 Å². The fourth-order valence-corrected chi connectivity index (χ4v) is 5.34. The first-order valence-electron chi connectivity index (χ1n) is 12.2. The molecule has 5 rings (SSSR count). The average Bonchev–Trinajstić information content (AvgIpc) is 3.14. The lowest BCUT2D eigenvalue weighted by atomic mass is 9.78. The third-order valence-electron chi connectivity index (χ3n) is 6.91. The second kappa shape index (κ2) is 8.54. The minimum Gasteiger partial charge on any atom is -0.0843 e. The zero-order valence-electron chi connectivity index (χ0n) is 21.3. The van der Waals surface area contributed by atoms with Gasteiger partial charge in [-0.3, -0.25) is 0 Å². The van der Waals surface area contributed by atoms with Crippen LogP contribution in [0.5, 0.6) is 0 Å². The lowest BCUT2D eigenvalue weighted by Gasteiger charge is -2.26. The van der Waals surface area contributed by atoms with Gasteiger partial charge >= 0.3 is 0 Å². The monoisotopic (exact) mass is 497 g/mol. The Morgan fingerprint density at radius 3 is 1.11 bits per heavy atom. The van der Waals surface area contributed by atoms with Gasteiger partial charge in [0.15, 0.2) is 0 Å². The molecule has 0 aliphatic heterocycles. The predicted molar refractivity (Wildman–Crippen MR) is 153 cm³/mol. The average molecular weight is 499 g/mol. The highest BCUT2D eigenvalue weighted by molar-refractivity contribution is 6.31. The molecule has 0 heterocycles. The highest BCUT2D eigenvalue weighted by atomic mass is 35.5. The maximum Gasteiger partial charge on any atom is 0.0406 e. The number of benzene rings is 4. The van der Waals surface area contributed by atoms with Gasteiger partial charge in [-0.25, -0.2) is 0 Å². The van der Waals surface area contributed by atoms with Crippen molar-refractivity contribution in [3.05, 3.63) is 112 Å². The van der Waals surface area contributed by atoms with E-state index in [2.05, 4.69) is 96.5 Å². The molecule has 0 spiro atoms.